The van der Waals surface area contributed by atoms with Gasteiger partial charge in [-0.2, -0.15) is 0 Å². The summed E-state index contributed by atoms with van der Waals surface area (Å²) in [5.41, 5.74) is 4.23. The SMILES string of the molecule is CCCc1ccc(-c2ccc([C@H]3CC[C@H](CCC)CC3)cc2)c(F)c1. The summed E-state index contributed by atoms with van der Waals surface area (Å²) in [6.45, 7) is 4.42. The van der Waals surface area contributed by atoms with E-state index < -0.39 is 0 Å². The zero-order valence-corrected chi connectivity index (χ0v) is 15.7. The van der Waals surface area contributed by atoms with Crippen LogP contribution in [-0.2, 0) is 6.42 Å². The molecule has 134 valence electrons. The monoisotopic (exact) mass is 338 g/mol. The van der Waals surface area contributed by atoms with Crippen molar-refractivity contribution in [3.8, 4) is 11.1 Å². The Morgan fingerprint density at radius 3 is 2.20 bits per heavy atom. The van der Waals surface area contributed by atoms with Gasteiger partial charge in [-0.15, -0.1) is 0 Å². The summed E-state index contributed by atoms with van der Waals surface area (Å²) in [4.78, 5) is 0. The van der Waals surface area contributed by atoms with Gasteiger partial charge in [0.15, 0.2) is 0 Å². The predicted octanol–water partition coefficient (Wildman–Crippen LogP) is 7.52. The molecule has 1 fully saturated rings. The van der Waals surface area contributed by atoms with Crippen molar-refractivity contribution in [2.45, 2.75) is 71.1 Å². The highest BCUT2D eigenvalue weighted by atomic mass is 19.1. The third-order valence-electron chi connectivity index (χ3n) is 5.81. The second kappa shape index (κ2) is 8.65. The van der Waals surface area contributed by atoms with Crippen molar-refractivity contribution in [3.05, 3.63) is 59.4 Å². The summed E-state index contributed by atoms with van der Waals surface area (Å²) in [5, 5.41) is 0. The maximum atomic E-state index is 14.4. The van der Waals surface area contributed by atoms with Crippen LogP contribution < -0.4 is 0 Å². The summed E-state index contributed by atoms with van der Waals surface area (Å²) in [6.07, 6.45) is 10.0. The number of hydrogen-bond acceptors (Lipinski definition) is 0. The highest BCUT2D eigenvalue weighted by Crippen LogP contribution is 2.38. The topological polar surface area (TPSA) is 0 Å². The lowest BCUT2D eigenvalue weighted by Gasteiger charge is -2.28. The molecule has 0 aliphatic heterocycles. The van der Waals surface area contributed by atoms with Crippen molar-refractivity contribution in [3.63, 3.8) is 0 Å². The van der Waals surface area contributed by atoms with Gasteiger partial charge in [-0.25, -0.2) is 4.39 Å². The molecule has 1 heteroatoms. The first kappa shape index (κ1) is 18.2. The minimum Gasteiger partial charge on any atom is -0.206 e. The van der Waals surface area contributed by atoms with Crippen LogP contribution in [0.3, 0.4) is 0 Å². The maximum Gasteiger partial charge on any atom is 0.131 e. The van der Waals surface area contributed by atoms with Crippen LogP contribution in [0.15, 0.2) is 42.5 Å². The molecule has 0 radical (unpaired) electrons. The Labute approximate surface area is 152 Å². The van der Waals surface area contributed by atoms with Crippen LogP contribution in [0.5, 0.6) is 0 Å². The van der Waals surface area contributed by atoms with Gasteiger partial charge in [0.1, 0.15) is 5.82 Å². The van der Waals surface area contributed by atoms with Gasteiger partial charge in [-0.3, -0.25) is 0 Å². The van der Waals surface area contributed by atoms with Crippen molar-refractivity contribution in [2.24, 2.45) is 5.92 Å². The van der Waals surface area contributed by atoms with E-state index in [1.165, 1.54) is 44.1 Å². The molecule has 0 bridgehead atoms. The first-order valence-electron chi connectivity index (χ1n) is 10.1. The van der Waals surface area contributed by atoms with E-state index in [4.69, 9.17) is 0 Å². The van der Waals surface area contributed by atoms with Gasteiger partial charge in [0.2, 0.25) is 0 Å². The zero-order valence-electron chi connectivity index (χ0n) is 15.7. The third-order valence-corrected chi connectivity index (χ3v) is 5.81. The van der Waals surface area contributed by atoms with Crippen LogP contribution >= 0.6 is 0 Å². The molecular formula is C24H31F. The molecule has 0 atom stereocenters. The summed E-state index contributed by atoms with van der Waals surface area (Å²) in [6, 6.07) is 14.3. The molecule has 25 heavy (non-hydrogen) atoms. The van der Waals surface area contributed by atoms with E-state index in [9.17, 15) is 4.39 Å². The van der Waals surface area contributed by atoms with E-state index in [1.807, 2.05) is 6.07 Å². The quantitative estimate of drug-likeness (QED) is 0.511. The van der Waals surface area contributed by atoms with E-state index in [1.54, 1.807) is 6.07 Å². The largest absolute Gasteiger partial charge is 0.206 e. The smallest absolute Gasteiger partial charge is 0.131 e. The van der Waals surface area contributed by atoms with E-state index in [-0.39, 0.29) is 5.82 Å². The fraction of sp³-hybridized carbons (Fsp3) is 0.500. The lowest BCUT2D eigenvalue weighted by molar-refractivity contribution is 0.308. The molecular weight excluding hydrogens is 307 g/mol. The standard InChI is InChI=1S/C24H31F/c1-3-5-18-7-10-20(11-8-18)21-12-14-22(15-13-21)23-16-9-19(6-4-2)17-24(23)25/h9,12-18,20H,3-8,10-11H2,1-2H3/t18-,20-. The van der Waals surface area contributed by atoms with Gasteiger partial charge in [0.25, 0.3) is 0 Å². The fourth-order valence-corrected chi connectivity index (χ4v) is 4.36. The lowest BCUT2D eigenvalue weighted by Crippen LogP contribution is -2.13. The van der Waals surface area contributed by atoms with Crippen LogP contribution in [0.25, 0.3) is 11.1 Å². The number of aryl methyl sites for hydroxylation is 1. The molecule has 0 aromatic heterocycles. The second-order valence-electron chi connectivity index (χ2n) is 7.69. The van der Waals surface area contributed by atoms with E-state index in [2.05, 4.69) is 44.2 Å². The molecule has 3 rings (SSSR count). The summed E-state index contributed by atoms with van der Waals surface area (Å²) >= 11 is 0. The first-order chi connectivity index (χ1) is 12.2. The minimum atomic E-state index is -0.0984. The predicted molar refractivity (Wildman–Crippen MR) is 105 cm³/mol. The number of hydrogen-bond donors (Lipinski definition) is 0. The Morgan fingerprint density at radius 2 is 1.60 bits per heavy atom. The summed E-state index contributed by atoms with van der Waals surface area (Å²) in [7, 11) is 0. The van der Waals surface area contributed by atoms with Crippen molar-refractivity contribution in [1.29, 1.82) is 0 Å². The second-order valence-corrected chi connectivity index (χ2v) is 7.69. The third kappa shape index (κ3) is 4.51. The molecule has 0 spiro atoms. The molecule has 0 nitrogen and oxygen atoms in total. The van der Waals surface area contributed by atoms with Gasteiger partial charge in [0, 0.05) is 5.56 Å². The highest BCUT2D eigenvalue weighted by molar-refractivity contribution is 5.65. The fourth-order valence-electron chi connectivity index (χ4n) is 4.36. The van der Waals surface area contributed by atoms with Crippen molar-refractivity contribution in [1.82, 2.24) is 0 Å². The van der Waals surface area contributed by atoms with Crippen molar-refractivity contribution >= 4 is 0 Å². The minimum absolute atomic E-state index is 0.0984. The highest BCUT2D eigenvalue weighted by Gasteiger charge is 2.21. The van der Waals surface area contributed by atoms with E-state index in [0.29, 0.717) is 5.92 Å². The molecule has 0 amide bonds. The Hall–Kier alpha value is -1.63. The van der Waals surface area contributed by atoms with E-state index in [0.717, 1.165) is 35.4 Å². The lowest BCUT2D eigenvalue weighted by atomic mass is 9.77. The number of benzene rings is 2. The zero-order chi connectivity index (χ0) is 17.6. The van der Waals surface area contributed by atoms with Gasteiger partial charge in [-0.05, 0) is 66.7 Å². The summed E-state index contributed by atoms with van der Waals surface area (Å²) in [5.74, 6) is 1.54. The molecule has 1 saturated carbocycles. The number of rotatable bonds is 6. The van der Waals surface area contributed by atoms with Gasteiger partial charge in [-0.1, -0.05) is 69.5 Å². The average Bonchev–Trinajstić information content (AvgIpc) is 2.63. The molecule has 1 aliphatic rings. The molecule has 2 aromatic carbocycles. The summed E-state index contributed by atoms with van der Waals surface area (Å²) < 4.78 is 14.4. The van der Waals surface area contributed by atoms with Gasteiger partial charge < -0.3 is 0 Å². The van der Waals surface area contributed by atoms with Gasteiger partial charge in [0.05, 0.1) is 0 Å². The van der Waals surface area contributed by atoms with Crippen LogP contribution in [0.2, 0.25) is 0 Å². The normalized spacial score (nSPS) is 20.6. The van der Waals surface area contributed by atoms with Crippen LogP contribution in [0.4, 0.5) is 4.39 Å². The average molecular weight is 339 g/mol. The molecule has 0 N–H and O–H groups in total. The molecule has 0 heterocycles. The molecule has 1 aliphatic carbocycles. The van der Waals surface area contributed by atoms with Gasteiger partial charge >= 0.3 is 0 Å². The molecule has 0 saturated heterocycles. The van der Waals surface area contributed by atoms with Crippen molar-refractivity contribution in [2.75, 3.05) is 0 Å². The number of halogens is 1. The molecule has 0 unspecified atom stereocenters. The van der Waals surface area contributed by atoms with Crippen LogP contribution in [0, 0.1) is 11.7 Å². The Balaban J connectivity index is 1.68. The maximum absolute atomic E-state index is 14.4. The van der Waals surface area contributed by atoms with E-state index >= 15 is 0 Å². The first-order valence-corrected chi connectivity index (χ1v) is 10.1. The van der Waals surface area contributed by atoms with Crippen LogP contribution in [-0.4, -0.2) is 0 Å². The Kier molecular flexibility index (Phi) is 6.29. The Bertz CT molecular complexity index is 663. The molecule has 2 aromatic rings. The Morgan fingerprint density at radius 1 is 0.880 bits per heavy atom. The van der Waals surface area contributed by atoms with Crippen molar-refractivity contribution < 1.29 is 4.39 Å². The van der Waals surface area contributed by atoms with Crippen LogP contribution in [0.1, 0.15) is 75.8 Å².